The first kappa shape index (κ1) is 12.9. The third-order valence-corrected chi connectivity index (χ3v) is 4.23. The van der Waals surface area contributed by atoms with E-state index in [0.29, 0.717) is 16.6 Å². The third-order valence-electron chi connectivity index (χ3n) is 3.01. The lowest BCUT2D eigenvalue weighted by molar-refractivity contribution is 0.659. The van der Waals surface area contributed by atoms with E-state index in [9.17, 15) is 4.21 Å². The molecule has 0 aliphatic heterocycles. The zero-order chi connectivity index (χ0) is 14.1. The van der Waals surface area contributed by atoms with E-state index in [1.165, 1.54) is 0 Å². The summed E-state index contributed by atoms with van der Waals surface area (Å²) in [6.45, 7) is 2.81. The van der Waals surface area contributed by atoms with Crippen molar-refractivity contribution in [3.05, 3.63) is 36.2 Å². The summed E-state index contributed by atoms with van der Waals surface area (Å²) in [5.74, 6) is 0.398. The summed E-state index contributed by atoms with van der Waals surface area (Å²) in [7, 11) is -1.22. The van der Waals surface area contributed by atoms with Crippen molar-refractivity contribution in [1.29, 1.82) is 0 Å². The van der Waals surface area contributed by atoms with Crippen LogP contribution in [0, 0.1) is 0 Å². The van der Waals surface area contributed by atoms with Gasteiger partial charge < -0.3 is 10.7 Å². The quantitative estimate of drug-likeness (QED) is 0.715. The Hall–Kier alpha value is -2.15. The van der Waals surface area contributed by atoms with E-state index >= 15 is 0 Å². The highest BCUT2D eigenvalue weighted by atomic mass is 32.2. The average Bonchev–Trinajstić information content (AvgIpc) is 3.04. The van der Waals surface area contributed by atoms with Crippen molar-refractivity contribution < 1.29 is 4.21 Å². The molecule has 0 aliphatic carbocycles. The van der Waals surface area contributed by atoms with Crippen molar-refractivity contribution in [2.75, 3.05) is 5.73 Å². The average molecular weight is 289 g/mol. The van der Waals surface area contributed by atoms with Crippen LogP contribution < -0.4 is 5.73 Å². The largest absolute Gasteiger partial charge is 0.399 e. The molecular formula is C13H15N5OS. The summed E-state index contributed by atoms with van der Waals surface area (Å²) >= 11 is 0. The monoisotopic (exact) mass is 289 g/mol. The minimum absolute atomic E-state index is 0.398. The van der Waals surface area contributed by atoms with Crippen molar-refractivity contribution in [2.45, 2.75) is 24.4 Å². The number of aromatic amines is 1. The second-order valence-corrected chi connectivity index (χ2v) is 5.88. The number of imidazole rings is 1. The van der Waals surface area contributed by atoms with Crippen LogP contribution in [0.1, 0.15) is 12.5 Å². The van der Waals surface area contributed by atoms with Crippen molar-refractivity contribution in [3.63, 3.8) is 0 Å². The number of aryl methyl sites for hydroxylation is 1. The maximum Gasteiger partial charge on any atom is 0.197 e. The van der Waals surface area contributed by atoms with Gasteiger partial charge in [0.15, 0.2) is 5.16 Å². The highest BCUT2D eigenvalue weighted by Gasteiger charge is 2.12. The van der Waals surface area contributed by atoms with Gasteiger partial charge in [-0.1, -0.05) is 0 Å². The van der Waals surface area contributed by atoms with Gasteiger partial charge in [0.05, 0.1) is 33.8 Å². The topological polar surface area (TPSA) is 89.6 Å². The van der Waals surface area contributed by atoms with Crippen LogP contribution in [-0.4, -0.2) is 24.0 Å². The van der Waals surface area contributed by atoms with Crippen LogP contribution in [0.3, 0.4) is 0 Å². The first-order chi connectivity index (χ1) is 9.65. The first-order valence-electron chi connectivity index (χ1n) is 6.30. The molecule has 7 heteroatoms. The van der Waals surface area contributed by atoms with Crippen LogP contribution in [0.5, 0.6) is 0 Å². The van der Waals surface area contributed by atoms with Crippen LogP contribution in [-0.2, 0) is 23.1 Å². The van der Waals surface area contributed by atoms with Crippen molar-refractivity contribution in [3.8, 4) is 0 Å². The van der Waals surface area contributed by atoms with E-state index in [1.807, 2.05) is 23.9 Å². The van der Waals surface area contributed by atoms with Crippen LogP contribution in [0.2, 0.25) is 0 Å². The number of nitrogens with two attached hydrogens (primary N) is 1. The van der Waals surface area contributed by atoms with Gasteiger partial charge in [-0.15, -0.1) is 0 Å². The molecule has 0 bridgehead atoms. The second kappa shape index (κ2) is 5.09. The minimum Gasteiger partial charge on any atom is -0.399 e. The molecule has 0 saturated carbocycles. The summed E-state index contributed by atoms with van der Waals surface area (Å²) in [5, 5.41) is 4.64. The number of hydrogen-bond acceptors (Lipinski definition) is 4. The summed E-state index contributed by atoms with van der Waals surface area (Å²) < 4.78 is 14.1. The van der Waals surface area contributed by atoms with Crippen LogP contribution in [0.25, 0.3) is 11.0 Å². The minimum atomic E-state index is -1.22. The standard InChI is InChI=1S/C13H15N5OS/c1-2-18-7-9(6-15-18)8-20(19)13-16-11-4-3-10(14)5-12(11)17-13/h3-7H,2,8,14H2,1H3,(H,16,17). The molecule has 0 saturated heterocycles. The van der Waals surface area contributed by atoms with Crippen LogP contribution >= 0.6 is 0 Å². The maximum absolute atomic E-state index is 12.3. The van der Waals surface area contributed by atoms with E-state index in [-0.39, 0.29) is 0 Å². The molecular weight excluding hydrogens is 274 g/mol. The van der Waals surface area contributed by atoms with Crippen LogP contribution in [0.4, 0.5) is 5.69 Å². The smallest absolute Gasteiger partial charge is 0.197 e. The number of nitrogens with one attached hydrogen (secondary N) is 1. The summed E-state index contributed by atoms with van der Waals surface area (Å²) in [6, 6.07) is 5.39. The maximum atomic E-state index is 12.3. The summed E-state index contributed by atoms with van der Waals surface area (Å²) in [4.78, 5) is 7.40. The number of benzene rings is 1. The fourth-order valence-corrected chi connectivity index (χ4v) is 3.00. The fraction of sp³-hybridized carbons (Fsp3) is 0.231. The normalized spacial score (nSPS) is 12.8. The van der Waals surface area contributed by atoms with Gasteiger partial charge in [0.1, 0.15) is 0 Å². The van der Waals surface area contributed by atoms with E-state index in [2.05, 4.69) is 15.1 Å². The Bertz CT molecular complexity index is 776. The molecule has 0 radical (unpaired) electrons. The number of nitrogens with zero attached hydrogens (tertiary/aromatic N) is 3. The Morgan fingerprint density at radius 3 is 3.05 bits per heavy atom. The number of rotatable bonds is 4. The Balaban J connectivity index is 1.84. The predicted octanol–water partition coefficient (Wildman–Crippen LogP) is 1.67. The lowest BCUT2D eigenvalue weighted by atomic mass is 10.3. The van der Waals surface area contributed by atoms with Gasteiger partial charge in [-0.3, -0.25) is 8.89 Å². The zero-order valence-electron chi connectivity index (χ0n) is 11.0. The molecule has 1 unspecified atom stereocenters. The Morgan fingerprint density at radius 2 is 2.30 bits per heavy atom. The highest BCUT2D eigenvalue weighted by molar-refractivity contribution is 7.84. The lowest BCUT2D eigenvalue weighted by Crippen LogP contribution is -1.98. The van der Waals surface area contributed by atoms with Gasteiger partial charge in [-0.05, 0) is 25.1 Å². The molecule has 3 aromatic rings. The van der Waals surface area contributed by atoms with E-state index < -0.39 is 10.8 Å². The highest BCUT2D eigenvalue weighted by Crippen LogP contribution is 2.18. The SMILES string of the molecule is CCn1cc(CS(=O)c2nc3ccc(N)cc3[nH]2)cn1. The molecule has 3 rings (SSSR count). The van der Waals surface area contributed by atoms with E-state index in [0.717, 1.165) is 23.1 Å². The molecule has 3 N–H and O–H groups in total. The number of anilines is 1. The summed E-state index contributed by atoms with van der Waals surface area (Å²) in [5.41, 5.74) is 8.88. The van der Waals surface area contributed by atoms with Crippen molar-refractivity contribution >= 4 is 27.5 Å². The molecule has 2 aromatic heterocycles. The van der Waals surface area contributed by atoms with Crippen molar-refractivity contribution in [1.82, 2.24) is 19.7 Å². The molecule has 0 fully saturated rings. The van der Waals surface area contributed by atoms with Gasteiger partial charge in [-0.25, -0.2) is 4.98 Å². The zero-order valence-corrected chi connectivity index (χ0v) is 11.9. The molecule has 0 amide bonds. The second-order valence-electron chi connectivity index (χ2n) is 4.51. The first-order valence-corrected chi connectivity index (χ1v) is 7.62. The van der Waals surface area contributed by atoms with Gasteiger partial charge in [-0.2, -0.15) is 5.10 Å². The van der Waals surface area contributed by atoms with Gasteiger partial charge in [0.2, 0.25) is 0 Å². The third kappa shape index (κ3) is 2.44. The molecule has 0 aliphatic rings. The van der Waals surface area contributed by atoms with Gasteiger partial charge >= 0.3 is 0 Å². The number of fused-ring (bicyclic) bond motifs is 1. The molecule has 0 spiro atoms. The number of H-pyrrole nitrogens is 1. The summed E-state index contributed by atoms with van der Waals surface area (Å²) in [6.07, 6.45) is 3.64. The fourth-order valence-electron chi connectivity index (χ4n) is 1.99. The van der Waals surface area contributed by atoms with Gasteiger partial charge in [0.25, 0.3) is 0 Å². The lowest BCUT2D eigenvalue weighted by Gasteiger charge is -1.95. The van der Waals surface area contributed by atoms with Crippen LogP contribution in [0.15, 0.2) is 35.7 Å². The molecule has 2 heterocycles. The Morgan fingerprint density at radius 1 is 1.45 bits per heavy atom. The van der Waals surface area contributed by atoms with Crippen molar-refractivity contribution in [2.24, 2.45) is 0 Å². The molecule has 1 atom stereocenters. The van der Waals surface area contributed by atoms with Gasteiger partial charge in [0, 0.05) is 24.0 Å². The predicted molar refractivity (Wildman–Crippen MR) is 78.5 cm³/mol. The Kier molecular flexibility index (Phi) is 3.27. The number of hydrogen-bond donors (Lipinski definition) is 2. The molecule has 6 nitrogen and oxygen atoms in total. The van der Waals surface area contributed by atoms with E-state index in [1.54, 1.807) is 18.3 Å². The molecule has 1 aromatic carbocycles. The molecule has 104 valence electrons. The molecule has 20 heavy (non-hydrogen) atoms. The Labute approximate surface area is 118 Å². The van der Waals surface area contributed by atoms with E-state index in [4.69, 9.17) is 5.73 Å². The number of nitrogen functional groups attached to an aromatic ring is 1. The number of aromatic nitrogens is 4.